The van der Waals surface area contributed by atoms with Crippen molar-refractivity contribution in [2.45, 2.75) is 18.4 Å². The molecule has 1 amide bonds. The fourth-order valence-electron chi connectivity index (χ4n) is 2.35. The molecule has 2 atom stereocenters. The van der Waals surface area contributed by atoms with Crippen LogP contribution in [0.5, 0.6) is 0 Å². The van der Waals surface area contributed by atoms with Crippen LogP contribution in [-0.2, 0) is 0 Å². The Morgan fingerprint density at radius 2 is 2.15 bits per heavy atom. The lowest BCUT2D eigenvalue weighted by molar-refractivity contribution is 0.0950. The number of amides is 1. The maximum atomic E-state index is 12.3. The van der Waals surface area contributed by atoms with Gasteiger partial charge in [-0.2, -0.15) is 0 Å². The SMILES string of the molecule is CN(C)c1cccc(C(=O)NC2CC2c2cccs2)c1. The predicted octanol–water partition coefficient (Wildman–Crippen LogP) is 3.10. The molecule has 1 fully saturated rings. The highest BCUT2D eigenvalue weighted by Crippen LogP contribution is 2.42. The molecule has 4 heteroatoms. The number of rotatable bonds is 4. The van der Waals surface area contributed by atoms with Crippen LogP contribution in [0.1, 0.15) is 27.6 Å². The van der Waals surface area contributed by atoms with Crippen molar-refractivity contribution in [1.82, 2.24) is 5.32 Å². The summed E-state index contributed by atoms with van der Waals surface area (Å²) < 4.78 is 0. The van der Waals surface area contributed by atoms with Gasteiger partial charge in [-0.1, -0.05) is 12.1 Å². The third-order valence-electron chi connectivity index (χ3n) is 3.64. The molecule has 1 aromatic carbocycles. The third kappa shape index (κ3) is 2.70. The standard InChI is InChI=1S/C16H18N2OS/c1-18(2)12-6-3-5-11(9-12)16(19)17-14-10-13(14)15-7-4-8-20-15/h3-9,13-14H,10H2,1-2H3,(H,17,19). The summed E-state index contributed by atoms with van der Waals surface area (Å²) in [6.45, 7) is 0. The van der Waals surface area contributed by atoms with Crippen LogP contribution in [0.15, 0.2) is 41.8 Å². The van der Waals surface area contributed by atoms with Crippen LogP contribution in [0.2, 0.25) is 0 Å². The number of carbonyl (C=O) groups excluding carboxylic acids is 1. The molecule has 0 saturated heterocycles. The van der Waals surface area contributed by atoms with E-state index in [1.807, 2.05) is 43.3 Å². The molecule has 1 aliphatic rings. The zero-order valence-electron chi connectivity index (χ0n) is 11.7. The van der Waals surface area contributed by atoms with E-state index in [1.165, 1.54) is 4.88 Å². The average molecular weight is 286 g/mol. The van der Waals surface area contributed by atoms with Crippen LogP contribution in [-0.4, -0.2) is 26.0 Å². The van der Waals surface area contributed by atoms with Crippen LogP contribution in [0.3, 0.4) is 0 Å². The van der Waals surface area contributed by atoms with Gasteiger partial charge < -0.3 is 10.2 Å². The van der Waals surface area contributed by atoms with E-state index >= 15 is 0 Å². The first-order valence-electron chi connectivity index (χ1n) is 6.77. The van der Waals surface area contributed by atoms with Gasteiger partial charge in [-0.15, -0.1) is 11.3 Å². The van der Waals surface area contributed by atoms with E-state index in [2.05, 4.69) is 22.8 Å². The quantitative estimate of drug-likeness (QED) is 0.936. The maximum Gasteiger partial charge on any atom is 0.251 e. The summed E-state index contributed by atoms with van der Waals surface area (Å²) in [6, 6.07) is 12.2. The first-order valence-corrected chi connectivity index (χ1v) is 7.65. The summed E-state index contributed by atoms with van der Waals surface area (Å²) in [7, 11) is 3.95. The Bertz CT molecular complexity index is 607. The van der Waals surface area contributed by atoms with Gasteiger partial charge in [0.05, 0.1) is 0 Å². The Morgan fingerprint density at radius 1 is 1.30 bits per heavy atom. The summed E-state index contributed by atoms with van der Waals surface area (Å²) >= 11 is 1.77. The van der Waals surface area contributed by atoms with Crippen molar-refractivity contribution in [1.29, 1.82) is 0 Å². The molecule has 1 aromatic heterocycles. The van der Waals surface area contributed by atoms with Crippen LogP contribution in [0.25, 0.3) is 0 Å². The molecule has 2 unspecified atom stereocenters. The summed E-state index contributed by atoms with van der Waals surface area (Å²) in [6.07, 6.45) is 1.06. The molecule has 2 aromatic rings. The molecule has 3 rings (SSSR count). The number of benzene rings is 1. The highest BCUT2D eigenvalue weighted by Gasteiger charge is 2.40. The van der Waals surface area contributed by atoms with E-state index in [0.717, 1.165) is 17.7 Å². The zero-order chi connectivity index (χ0) is 14.1. The number of thiophene rings is 1. The van der Waals surface area contributed by atoms with Gasteiger partial charge in [0.25, 0.3) is 5.91 Å². The second kappa shape index (κ2) is 5.29. The molecule has 1 heterocycles. The van der Waals surface area contributed by atoms with Crippen LogP contribution >= 0.6 is 11.3 Å². The van der Waals surface area contributed by atoms with Gasteiger partial charge >= 0.3 is 0 Å². The van der Waals surface area contributed by atoms with Crippen LogP contribution in [0.4, 0.5) is 5.69 Å². The van der Waals surface area contributed by atoms with Crippen molar-refractivity contribution < 1.29 is 4.79 Å². The molecular weight excluding hydrogens is 268 g/mol. The number of anilines is 1. The van der Waals surface area contributed by atoms with E-state index in [-0.39, 0.29) is 5.91 Å². The molecule has 104 valence electrons. The summed E-state index contributed by atoms with van der Waals surface area (Å²) in [5.74, 6) is 0.536. The van der Waals surface area contributed by atoms with Crippen molar-refractivity contribution in [2.24, 2.45) is 0 Å². The molecule has 0 aliphatic heterocycles. The zero-order valence-corrected chi connectivity index (χ0v) is 12.5. The van der Waals surface area contributed by atoms with Crippen LogP contribution in [0, 0.1) is 0 Å². The minimum absolute atomic E-state index is 0.0257. The first kappa shape index (κ1) is 13.2. The topological polar surface area (TPSA) is 32.3 Å². The molecule has 3 nitrogen and oxygen atoms in total. The van der Waals surface area contributed by atoms with E-state index in [4.69, 9.17) is 0 Å². The molecule has 1 saturated carbocycles. The van der Waals surface area contributed by atoms with Gasteiger partial charge in [-0.05, 0) is 36.1 Å². The highest BCUT2D eigenvalue weighted by molar-refractivity contribution is 7.10. The van der Waals surface area contributed by atoms with E-state index < -0.39 is 0 Å². The highest BCUT2D eigenvalue weighted by atomic mass is 32.1. The fourth-order valence-corrected chi connectivity index (χ4v) is 3.25. The minimum atomic E-state index is 0.0257. The van der Waals surface area contributed by atoms with Crippen molar-refractivity contribution >= 4 is 22.9 Å². The Kier molecular flexibility index (Phi) is 3.49. The van der Waals surface area contributed by atoms with Gasteiger partial charge in [-0.25, -0.2) is 0 Å². The van der Waals surface area contributed by atoms with E-state index in [9.17, 15) is 4.79 Å². The minimum Gasteiger partial charge on any atom is -0.378 e. The Hall–Kier alpha value is -1.81. The second-order valence-corrected chi connectivity index (χ2v) is 6.36. The lowest BCUT2D eigenvalue weighted by Gasteiger charge is -2.13. The largest absolute Gasteiger partial charge is 0.378 e. The summed E-state index contributed by atoms with van der Waals surface area (Å²) in [5, 5.41) is 5.21. The number of nitrogens with one attached hydrogen (secondary N) is 1. The number of hydrogen-bond acceptors (Lipinski definition) is 3. The van der Waals surface area contributed by atoms with Crippen molar-refractivity contribution in [2.75, 3.05) is 19.0 Å². The molecule has 0 spiro atoms. The normalized spacial score (nSPS) is 20.5. The van der Waals surface area contributed by atoms with Crippen molar-refractivity contribution in [3.63, 3.8) is 0 Å². The number of carbonyl (C=O) groups is 1. The van der Waals surface area contributed by atoms with Gasteiger partial charge in [0.2, 0.25) is 0 Å². The summed E-state index contributed by atoms with van der Waals surface area (Å²) in [4.78, 5) is 15.6. The van der Waals surface area contributed by atoms with Gasteiger partial charge in [0, 0.05) is 42.2 Å². The Balaban J connectivity index is 1.64. The summed E-state index contributed by atoms with van der Waals surface area (Å²) in [5.41, 5.74) is 1.77. The number of hydrogen-bond donors (Lipinski definition) is 1. The Morgan fingerprint density at radius 3 is 2.85 bits per heavy atom. The predicted molar refractivity (Wildman–Crippen MR) is 83.7 cm³/mol. The fraction of sp³-hybridized carbons (Fsp3) is 0.312. The lowest BCUT2D eigenvalue weighted by Crippen LogP contribution is -2.26. The van der Waals surface area contributed by atoms with Crippen molar-refractivity contribution in [3.05, 3.63) is 52.2 Å². The Labute approximate surface area is 123 Å². The maximum absolute atomic E-state index is 12.3. The first-order chi connectivity index (χ1) is 9.65. The second-order valence-electron chi connectivity index (χ2n) is 5.38. The van der Waals surface area contributed by atoms with Crippen LogP contribution < -0.4 is 10.2 Å². The smallest absolute Gasteiger partial charge is 0.251 e. The van der Waals surface area contributed by atoms with E-state index in [1.54, 1.807) is 11.3 Å². The number of nitrogens with zero attached hydrogens (tertiary/aromatic N) is 1. The van der Waals surface area contributed by atoms with Gasteiger partial charge in [0.1, 0.15) is 0 Å². The lowest BCUT2D eigenvalue weighted by atomic mass is 10.2. The van der Waals surface area contributed by atoms with Crippen molar-refractivity contribution in [3.8, 4) is 0 Å². The molecule has 0 radical (unpaired) electrons. The molecule has 1 N–H and O–H groups in total. The van der Waals surface area contributed by atoms with Gasteiger partial charge in [0.15, 0.2) is 0 Å². The third-order valence-corrected chi connectivity index (χ3v) is 4.64. The van der Waals surface area contributed by atoms with E-state index in [0.29, 0.717) is 12.0 Å². The molecule has 20 heavy (non-hydrogen) atoms. The average Bonchev–Trinajstić information content (AvgIpc) is 3.00. The monoisotopic (exact) mass is 286 g/mol. The molecule has 0 bridgehead atoms. The van der Waals surface area contributed by atoms with Gasteiger partial charge in [-0.3, -0.25) is 4.79 Å². The molecular formula is C16H18N2OS. The molecule has 1 aliphatic carbocycles.